The highest BCUT2D eigenvalue weighted by atomic mass is 16.6. The largest absolute Gasteiger partial charge is 0.490 e. The Hall–Kier alpha value is -1.61. The van der Waals surface area contributed by atoms with Gasteiger partial charge in [0, 0.05) is 7.11 Å². The maximum Gasteiger partial charge on any atom is 0.137 e. The fraction of sp³-hybridized carbons (Fsp3) is 0.533. The van der Waals surface area contributed by atoms with Gasteiger partial charge in [0.2, 0.25) is 0 Å². The Morgan fingerprint density at radius 2 is 1.65 bits per heavy atom. The molecule has 0 heterocycles. The highest BCUT2D eigenvalue weighted by molar-refractivity contribution is 5.44. The van der Waals surface area contributed by atoms with Crippen LogP contribution in [0.4, 0.5) is 0 Å². The van der Waals surface area contributed by atoms with Crippen molar-refractivity contribution in [3.05, 3.63) is 29.3 Å². The molecule has 1 aromatic carbocycles. The van der Waals surface area contributed by atoms with Crippen LogP contribution in [0.15, 0.2) is 18.2 Å². The van der Waals surface area contributed by atoms with E-state index in [1.165, 1.54) is 0 Å². The van der Waals surface area contributed by atoms with E-state index in [0.29, 0.717) is 51.0 Å². The molecule has 0 bridgehead atoms. The second-order valence-electron chi connectivity index (χ2n) is 4.18. The Morgan fingerprint density at radius 1 is 1.00 bits per heavy atom. The normalized spacial score (nSPS) is 10.2. The number of methoxy groups -OCH3 is 1. The molecule has 0 amide bonds. The Kier molecular flexibility index (Phi) is 8.40. The molecule has 0 unspecified atom stereocenters. The highest BCUT2D eigenvalue weighted by Gasteiger charge is 2.03. The minimum Gasteiger partial charge on any atom is -0.490 e. The number of ether oxygens (including phenoxy) is 4. The highest BCUT2D eigenvalue weighted by Crippen LogP contribution is 2.19. The molecule has 0 aliphatic rings. The predicted octanol–water partition coefficient (Wildman–Crippen LogP) is 1.93. The van der Waals surface area contributed by atoms with Crippen molar-refractivity contribution < 1.29 is 18.9 Å². The van der Waals surface area contributed by atoms with E-state index in [-0.39, 0.29) is 0 Å². The van der Waals surface area contributed by atoms with Gasteiger partial charge >= 0.3 is 0 Å². The number of nitrogens with zero attached hydrogens (tertiary/aromatic N) is 1. The first-order chi connectivity index (χ1) is 9.77. The summed E-state index contributed by atoms with van der Waals surface area (Å²) in [5, 5.41) is 8.96. The van der Waals surface area contributed by atoms with Crippen molar-refractivity contribution in [3.8, 4) is 11.8 Å². The number of rotatable bonds is 10. The summed E-state index contributed by atoms with van der Waals surface area (Å²) in [6.45, 7) is 5.06. The number of aryl methyl sites for hydroxylation is 1. The summed E-state index contributed by atoms with van der Waals surface area (Å²) in [5.74, 6) is 0.604. The van der Waals surface area contributed by atoms with E-state index in [4.69, 9.17) is 24.2 Å². The van der Waals surface area contributed by atoms with Crippen molar-refractivity contribution in [1.29, 1.82) is 5.26 Å². The quantitative estimate of drug-likeness (QED) is 0.612. The molecule has 1 rings (SSSR count). The van der Waals surface area contributed by atoms with Crippen molar-refractivity contribution in [2.24, 2.45) is 0 Å². The van der Waals surface area contributed by atoms with Crippen LogP contribution in [0.1, 0.15) is 11.1 Å². The lowest BCUT2D eigenvalue weighted by atomic mass is 10.1. The van der Waals surface area contributed by atoms with Crippen LogP contribution in [0.5, 0.6) is 5.75 Å². The lowest BCUT2D eigenvalue weighted by Crippen LogP contribution is -2.12. The van der Waals surface area contributed by atoms with Crippen LogP contribution >= 0.6 is 0 Å². The predicted molar refractivity (Wildman–Crippen MR) is 74.9 cm³/mol. The first kappa shape index (κ1) is 16.4. The van der Waals surface area contributed by atoms with E-state index in [1.54, 1.807) is 13.2 Å². The fourth-order valence-electron chi connectivity index (χ4n) is 1.52. The maximum atomic E-state index is 8.96. The zero-order valence-corrected chi connectivity index (χ0v) is 12.1. The Morgan fingerprint density at radius 3 is 2.30 bits per heavy atom. The molecule has 0 aromatic heterocycles. The first-order valence-corrected chi connectivity index (χ1v) is 6.56. The van der Waals surface area contributed by atoms with Crippen LogP contribution in [-0.2, 0) is 14.2 Å². The lowest BCUT2D eigenvalue weighted by Gasteiger charge is -2.09. The van der Waals surface area contributed by atoms with E-state index < -0.39 is 0 Å². The summed E-state index contributed by atoms with van der Waals surface area (Å²) < 4.78 is 21.0. The smallest absolute Gasteiger partial charge is 0.137 e. The molecule has 20 heavy (non-hydrogen) atoms. The molecule has 110 valence electrons. The van der Waals surface area contributed by atoms with Gasteiger partial charge in [0.1, 0.15) is 18.4 Å². The van der Waals surface area contributed by atoms with Gasteiger partial charge in [-0.3, -0.25) is 0 Å². The second kappa shape index (κ2) is 10.2. The Bertz CT molecular complexity index is 428. The molecule has 0 aliphatic carbocycles. The van der Waals surface area contributed by atoms with Gasteiger partial charge in [-0.15, -0.1) is 0 Å². The number of hydrogen-bond donors (Lipinski definition) is 0. The van der Waals surface area contributed by atoms with Gasteiger partial charge in [0.05, 0.1) is 38.6 Å². The number of hydrogen-bond acceptors (Lipinski definition) is 5. The summed E-state index contributed by atoms with van der Waals surface area (Å²) >= 11 is 0. The third kappa shape index (κ3) is 6.53. The molecule has 0 radical (unpaired) electrons. The van der Waals surface area contributed by atoms with Crippen molar-refractivity contribution in [1.82, 2.24) is 0 Å². The van der Waals surface area contributed by atoms with E-state index in [1.807, 2.05) is 19.1 Å². The third-order valence-corrected chi connectivity index (χ3v) is 2.55. The van der Waals surface area contributed by atoms with Gasteiger partial charge in [-0.05, 0) is 24.6 Å². The van der Waals surface area contributed by atoms with E-state index in [9.17, 15) is 0 Å². The van der Waals surface area contributed by atoms with E-state index >= 15 is 0 Å². The van der Waals surface area contributed by atoms with Crippen molar-refractivity contribution in [2.45, 2.75) is 6.92 Å². The molecule has 0 atom stereocenters. The molecule has 5 heteroatoms. The summed E-state index contributed by atoms with van der Waals surface area (Å²) in [5.41, 5.74) is 1.60. The molecular weight excluding hydrogens is 258 g/mol. The zero-order chi connectivity index (χ0) is 14.6. The van der Waals surface area contributed by atoms with Gasteiger partial charge < -0.3 is 18.9 Å². The average Bonchev–Trinajstić information content (AvgIpc) is 2.46. The van der Waals surface area contributed by atoms with Crippen LogP contribution in [0.25, 0.3) is 0 Å². The van der Waals surface area contributed by atoms with Crippen molar-refractivity contribution in [2.75, 3.05) is 46.8 Å². The lowest BCUT2D eigenvalue weighted by molar-refractivity contribution is 0.0179. The van der Waals surface area contributed by atoms with Gasteiger partial charge in [-0.1, -0.05) is 6.07 Å². The molecule has 1 aromatic rings. The summed E-state index contributed by atoms with van der Waals surface area (Å²) in [6.07, 6.45) is 0. The minimum atomic E-state index is 0.413. The fourth-order valence-corrected chi connectivity index (χ4v) is 1.52. The van der Waals surface area contributed by atoms with E-state index in [2.05, 4.69) is 6.07 Å². The third-order valence-electron chi connectivity index (χ3n) is 2.55. The molecule has 0 N–H and O–H groups in total. The molecule has 0 fully saturated rings. The standard InChI is InChI=1S/C15H21NO4/c1-13-3-4-14(12-16)15(11-13)20-10-9-19-8-7-18-6-5-17-2/h3-4,11H,5-10H2,1-2H3. The van der Waals surface area contributed by atoms with Gasteiger partial charge in [0.15, 0.2) is 0 Å². The molecule has 0 aliphatic heterocycles. The molecule has 5 nitrogen and oxygen atoms in total. The Balaban J connectivity index is 2.12. The molecule has 0 saturated carbocycles. The van der Waals surface area contributed by atoms with Crippen LogP contribution in [0.2, 0.25) is 0 Å². The van der Waals surface area contributed by atoms with Crippen LogP contribution in [0, 0.1) is 18.3 Å². The SMILES string of the molecule is COCCOCCOCCOc1cc(C)ccc1C#N. The second-order valence-corrected chi connectivity index (χ2v) is 4.18. The number of benzene rings is 1. The summed E-state index contributed by atoms with van der Waals surface area (Å²) in [6, 6.07) is 7.61. The zero-order valence-electron chi connectivity index (χ0n) is 12.1. The Labute approximate surface area is 120 Å². The topological polar surface area (TPSA) is 60.7 Å². The summed E-state index contributed by atoms with van der Waals surface area (Å²) in [7, 11) is 1.64. The molecule has 0 spiro atoms. The monoisotopic (exact) mass is 279 g/mol. The summed E-state index contributed by atoms with van der Waals surface area (Å²) in [4.78, 5) is 0. The average molecular weight is 279 g/mol. The van der Waals surface area contributed by atoms with Crippen LogP contribution in [-0.4, -0.2) is 46.8 Å². The molecular formula is C15H21NO4. The van der Waals surface area contributed by atoms with Crippen LogP contribution < -0.4 is 4.74 Å². The van der Waals surface area contributed by atoms with Crippen LogP contribution in [0.3, 0.4) is 0 Å². The van der Waals surface area contributed by atoms with Gasteiger partial charge in [0.25, 0.3) is 0 Å². The van der Waals surface area contributed by atoms with Gasteiger partial charge in [-0.2, -0.15) is 5.26 Å². The van der Waals surface area contributed by atoms with Crippen molar-refractivity contribution >= 4 is 0 Å². The minimum absolute atomic E-state index is 0.413. The van der Waals surface area contributed by atoms with Crippen molar-refractivity contribution in [3.63, 3.8) is 0 Å². The van der Waals surface area contributed by atoms with Gasteiger partial charge in [-0.25, -0.2) is 0 Å². The molecule has 0 saturated heterocycles. The number of nitriles is 1. The first-order valence-electron chi connectivity index (χ1n) is 6.56. The van der Waals surface area contributed by atoms with E-state index in [0.717, 1.165) is 5.56 Å². The maximum absolute atomic E-state index is 8.96.